The highest BCUT2D eigenvalue weighted by Gasteiger charge is 2.28. The SMILES string of the molecule is CC(C)Cn1ncnc1CC(COCC(F)(F)F)NN. The quantitative estimate of drug-likeness (QED) is 0.550. The standard InChI is InChI=1S/C11H20F3N5O/c1-8(2)4-19-10(16-7-17-19)3-9(18-15)5-20-6-11(12,13)14/h7-9,18H,3-6,15H2,1-2H3. The maximum absolute atomic E-state index is 12.0. The normalized spacial score (nSPS) is 13.9. The van der Waals surface area contributed by atoms with E-state index in [2.05, 4.69) is 20.2 Å². The predicted molar refractivity (Wildman–Crippen MR) is 66.5 cm³/mol. The zero-order valence-corrected chi connectivity index (χ0v) is 11.5. The van der Waals surface area contributed by atoms with E-state index < -0.39 is 18.8 Å². The van der Waals surface area contributed by atoms with E-state index in [4.69, 9.17) is 5.84 Å². The Bertz CT molecular complexity index is 394. The second-order valence-corrected chi connectivity index (χ2v) is 4.95. The number of nitrogens with zero attached hydrogens (tertiary/aromatic N) is 3. The van der Waals surface area contributed by atoms with Crippen LogP contribution in [0.2, 0.25) is 0 Å². The van der Waals surface area contributed by atoms with Gasteiger partial charge in [0.2, 0.25) is 0 Å². The molecule has 0 aromatic carbocycles. The number of nitrogens with one attached hydrogen (secondary N) is 1. The van der Waals surface area contributed by atoms with E-state index in [9.17, 15) is 13.2 Å². The molecule has 0 spiro atoms. The number of hydrogen-bond donors (Lipinski definition) is 2. The van der Waals surface area contributed by atoms with Gasteiger partial charge in [-0.05, 0) is 5.92 Å². The molecule has 0 aliphatic carbocycles. The minimum absolute atomic E-state index is 0.148. The molecule has 0 bridgehead atoms. The van der Waals surface area contributed by atoms with Gasteiger partial charge in [0.15, 0.2) is 0 Å². The maximum atomic E-state index is 12.0. The summed E-state index contributed by atoms with van der Waals surface area (Å²) in [7, 11) is 0. The Hall–Kier alpha value is -1.19. The van der Waals surface area contributed by atoms with Crippen molar-refractivity contribution in [2.75, 3.05) is 13.2 Å². The molecule has 1 rings (SSSR count). The molecule has 6 nitrogen and oxygen atoms in total. The largest absolute Gasteiger partial charge is 0.411 e. The van der Waals surface area contributed by atoms with Gasteiger partial charge in [-0.15, -0.1) is 0 Å². The van der Waals surface area contributed by atoms with Crippen molar-refractivity contribution in [3.63, 3.8) is 0 Å². The second-order valence-electron chi connectivity index (χ2n) is 4.95. The first kappa shape index (κ1) is 16.9. The van der Waals surface area contributed by atoms with Crippen LogP contribution in [0.3, 0.4) is 0 Å². The Morgan fingerprint density at radius 2 is 2.15 bits per heavy atom. The molecular formula is C11H20F3N5O. The van der Waals surface area contributed by atoms with Gasteiger partial charge >= 0.3 is 6.18 Å². The number of hydrogen-bond acceptors (Lipinski definition) is 5. The number of ether oxygens (including phenoxy) is 1. The molecule has 9 heteroatoms. The molecule has 1 unspecified atom stereocenters. The topological polar surface area (TPSA) is 78.0 Å². The summed E-state index contributed by atoms with van der Waals surface area (Å²) in [5.74, 6) is 6.38. The lowest BCUT2D eigenvalue weighted by atomic mass is 10.2. The molecule has 0 radical (unpaired) electrons. The van der Waals surface area contributed by atoms with Crippen LogP contribution < -0.4 is 11.3 Å². The van der Waals surface area contributed by atoms with Gasteiger partial charge in [0.25, 0.3) is 0 Å². The molecule has 3 N–H and O–H groups in total. The minimum Gasteiger partial charge on any atom is -0.370 e. The highest BCUT2D eigenvalue weighted by molar-refractivity contribution is 4.89. The summed E-state index contributed by atoms with van der Waals surface area (Å²) in [6, 6.07) is -0.451. The molecule has 0 amide bonds. The number of aromatic nitrogens is 3. The summed E-state index contributed by atoms with van der Waals surface area (Å²) in [4.78, 5) is 4.09. The van der Waals surface area contributed by atoms with Crippen LogP contribution in [0.1, 0.15) is 19.7 Å². The van der Waals surface area contributed by atoms with Crippen LogP contribution in [0.25, 0.3) is 0 Å². The number of alkyl halides is 3. The van der Waals surface area contributed by atoms with E-state index in [1.807, 2.05) is 13.8 Å². The average Bonchev–Trinajstić information content (AvgIpc) is 2.72. The fourth-order valence-corrected chi connectivity index (χ4v) is 1.65. The zero-order valence-electron chi connectivity index (χ0n) is 11.5. The summed E-state index contributed by atoms with van der Waals surface area (Å²) in [5.41, 5.74) is 2.43. The molecule has 20 heavy (non-hydrogen) atoms. The van der Waals surface area contributed by atoms with Gasteiger partial charge in [0.1, 0.15) is 18.8 Å². The first-order valence-electron chi connectivity index (χ1n) is 6.29. The van der Waals surface area contributed by atoms with Crippen LogP contribution in [0, 0.1) is 5.92 Å². The Labute approximate surface area is 115 Å². The van der Waals surface area contributed by atoms with Crippen LogP contribution in [0.15, 0.2) is 6.33 Å². The lowest BCUT2D eigenvalue weighted by Gasteiger charge is -2.17. The van der Waals surface area contributed by atoms with Crippen molar-refractivity contribution in [1.29, 1.82) is 0 Å². The summed E-state index contributed by atoms with van der Waals surface area (Å²) in [6.07, 6.45) is -2.57. The molecule has 1 aromatic rings. The van der Waals surface area contributed by atoms with E-state index in [-0.39, 0.29) is 6.61 Å². The molecule has 0 saturated carbocycles. The summed E-state index contributed by atoms with van der Waals surface area (Å²) in [5, 5.41) is 4.08. The third kappa shape index (κ3) is 6.31. The van der Waals surface area contributed by atoms with Gasteiger partial charge < -0.3 is 4.74 Å². The van der Waals surface area contributed by atoms with Crippen molar-refractivity contribution >= 4 is 0 Å². The van der Waals surface area contributed by atoms with Crippen LogP contribution >= 0.6 is 0 Å². The van der Waals surface area contributed by atoms with Crippen molar-refractivity contribution in [3.8, 4) is 0 Å². The Kier molecular flexibility index (Phi) is 6.37. The maximum Gasteiger partial charge on any atom is 0.411 e. The van der Waals surface area contributed by atoms with Crippen LogP contribution in [-0.2, 0) is 17.7 Å². The Morgan fingerprint density at radius 3 is 2.70 bits per heavy atom. The number of rotatable bonds is 8. The number of nitrogens with two attached hydrogens (primary N) is 1. The molecule has 1 heterocycles. The second kappa shape index (κ2) is 7.55. The number of halogens is 3. The first-order chi connectivity index (χ1) is 9.31. The van der Waals surface area contributed by atoms with Gasteiger partial charge in [-0.1, -0.05) is 13.8 Å². The van der Waals surface area contributed by atoms with Gasteiger partial charge in [0, 0.05) is 13.0 Å². The van der Waals surface area contributed by atoms with E-state index in [0.717, 1.165) is 0 Å². The van der Waals surface area contributed by atoms with Crippen LogP contribution in [0.4, 0.5) is 13.2 Å². The van der Waals surface area contributed by atoms with Crippen LogP contribution in [0.5, 0.6) is 0 Å². The monoisotopic (exact) mass is 295 g/mol. The molecule has 0 saturated heterocycles. The van der Waals surface area contributed by atoms with Gasteiger partial charge in [0.05, 0.1) is 12.6 Å². The third-order valence-electron chi connectivity index (χ3n) is 2.48. The fraction of sp³-hybridized carbons (Fsp3) is 0.818. The lowest BCUT2D eigenvalue weighted by molar-refractivity contribution is -0.175. The number of hydrazine groups is 1. The average molecular weight is 295 g/mol. The zero-order chi connectivity index (χ0) is 15.2. The van der Waals surface area contributed by atoms with Crippen LogP contribution in [-0.4, -0.2) is 40.2 Å². The molecular weight excluding hydrogens is 275 g/mol. The summed E-state index contributed by atoms with van der Waals surface area (Å²) >= 11 is 0. The third-order valence-corrected chi connectivity index (χ3v) is 2.48. The van der Waals surface area contributed by atoms with Crippen molar-refractivity contribution < 1.29 is 17.9 Å². The Morgan fingerprint density at radius 1 is 1.45 bits per heavy atom. The summed E-state index contributed by atoms with van der Waals surface area (Å²) in [6.45, 7) is 3.33. The molecule has 1 atom stereocenters. The fourth-order valence-electron chi connectivity index (χ4n) is 1.65. The van der Waals surface area contributed by atoms with Gasteiger partial charge in [-0.2, -0.15) is 18.3 Å². The highest BCUT2D eigenvalue weighted by Crippen LogP contribution is 2.14. The molecule has 0 fully saturated rings. The van der Waals surface area contributed by atoms with E-state index >= 15 is 0 Å². The highest BCUT2D eigenvalue weighted by atomic mass is 19.4. The lowest BCUT2D eigenvalue weighted by Crippen LogP contribution is -2.41. The van der Waals surface area contributed by atoms with Crippen molar-refractivity contribution in [2.45, 2.75) is 39.0 Å². The van der Waals surface area contributed by atoms with Gasteiger partial charge in [-0.3, -0.25) is 11.3 Å². The summed E-state index contributed by atoms with van der Waals surface area (Å²) < 4.78 is 42.3. The molecule has 0 aliphatic heterocycles. The van der Waals surface area contributed by atoms with Crippen molar-refractivity contribution in [3.05, 3.63) is 12.2 Å². The molecule has 116 valence electrons. The smallest absolute Gasteiger partial charge is 0.370 e. The van der Waals surface area contributed by atoms with Crippen molar-refractivity contribution in [2.24, 2.45) is 11.8 Å². The Balaban J connectivity index is 2.49. The van der Waals surface area contributed by atoms with E-state index in [1.54, 1.807) is 4.68 Å². The van der Waals surface area contributed by atoms with Gasteiger partial charge in [-0.25, -0.2) is 9.67 Å². The van der Waals surface area contributed by atoms with E-state index in [1.165, 1.54) is 6.33 Å². The molecule has 1 aromatic heterocycles. The van der Waals surface area contributed by atoms with Crippen molar-refractivity contribution in [1.82, 2.24) is 20.2 Å². The predicted octanol–water partition coefficient (Wildman–Crippen LogP) is 0.887. The first-order valence-corrected chi connectivity index (χ1v) is 6.29. The minimum atomic E-state index is -4.34. The van der Waals surface area contributed by atoms with E-state index in [0.29, 0.717) is 24.7 Å². The molecule has 0 aliphatic rings.